The van der Waals surface area contributed by atoms with Crippen LogP contribution in [0.4, 0.5) is 8.78 Å². The molecule has 3 aromatic carbocycles. The van der Waals surface area contributed by atoms with Crippen LogP contribution in [-0.2, 0) is 13.0 Å². The Morgan fingerprint density at radius 2 is 1.77 bits per heavy atom. The summed E-state index contributed by atoms with van der Waals surface area (Å²) in [6, 6.07) is 20.5. The molecule has 0 spiro atoms. The maximum Gasteiger partial charge on any atom is 0.255 e. The van der Waals surface area contributed by atoms with Crippen molar-refractivity contribution in [3.05, 3.63) is 101 Å². The van der Waals surface area contributed by atoms with Crippen molar-refractivity contribution in [3.8, 4) is 11.1 Å². The molecule has 1 aliphatic heterocycles. The Kier molecular flexibility index (Phi) is 4.51. The molecule has 148 valence electrons. The van der Waals surface area contributed by atoms with Gasteiger partial charge in [0.05, 0.1) is 11.1 Å². The number of amides is 1. The van der Waals surface area contributed by atoms with E-state index < -0.39 is 11.6 Å². The van der Waals surface area contributed by atoms with Gasteiger partial charge in [-0.15, -0.1) is 0 Å². The smallest absolute Gasteiger partial charge is 0.255 e. The van der Waals surface area contributed by atoms with Crippen LogP contribution in [0.15, 0.2) is 72.8 Å². The van der Waals surface area contributed by atoms with Crippen molar-refractivity contribution >= 4 is 16.8 Å². The van der Waals surface area contributed by atoms with Gasteiger partial charge >= 0.3 is 0 Å². The molecule has 4 aromatic rings. The molecule has 2 heterocycles. The van der Waals surface area contributed by atoms with E-state index in [0.29, 0.717) is 30.6 Å². The van der Waals surface area contributed by atoms with Gasteiger partial charge < -0.3 is 4.90 Å². The van der Waals surface area contributed by atoms with E-state index in [1.54, 1.807) is 17.0 Å². The maximum absolute atomic E-state index is 14.3. The Morgan fingerprint density at radius 1 is 0.900 bits per heavy atom. The summed E-state index contributed by atoms with van der Waals surface area (Å²) in [5.74, 6) is -1.24. The van der Waals surface area contributed by atoms with Crippen molar-refractivity contribution in [3.63, 3.8) is 0 Å². The predicted molar refractivity (Wildman–Crippen MR) is 112 cm³/mol. The Morgan fingerprint density at radius 3 is 2.67 bits per heavy atom. The molecule has 0 saturated carbocycles. The first-order chi connectivity index (χ1) is 14.6. The number of hydrogen-bond acceptors (Lipinski definition) is 2. The van der Waals surface area contributed by atoms with Crippen LogP contribution in [0.2, 0.25) is 0 Å². The van der Waals surface area contributed by atoms with Crippen molar-refractivity contribution in [2.75, 3.05) is 6.54 Å². The molecule has 3 nitrogen and oxygen atoms in total. The summed E-state index contributed by atoms with van der Waals surface area (Å²) >= 11 is 0. The van der Waals surface area contributed by atoms with Gasteiger partial charge in [0.25, 0.3) is 5.91 Å². The monoisotopic (exact) mass is 400 g/mol. The highest BCUT2D eigenvalue weighted by molar-refractivity contribution is 6.04. The second kappa shape index (κ2) is 7.34. The van der Waals surface area contributed by atoms with E-state index in [1.807, 2.05) is 42.5 Å². The van der Waals surface area contributed by atoms with Crippen molar-refractivity contribution in [1.82, 2.24) is 9.88 Å². The first kappa shape index (κ1) is 18.4. The van der Waals surface area contributed by atoms with E-state index >= 15 is 0 Å². The van der Waals surface area contributed by atoms with Gasteiger partial charge in [-0.05, 0) is 41.5 Å². The fraction of sp³-hybridized carbons (Fsp3) is 0.120. The van der Waals surface area contributed by atoms with Crippen molar-refractivity contribution in [2.24, 2.45) is 0 Å². The van der Waals surface area contributed by atoms with Gasteiger partial charge in [-0.25, -0.2) is 8.78 Å². The van der Waals surface area contributed by atoms with Crippen LogP contribution in [0.25, 0.3) is 22.0 Å². The zero-order chi connectivity index (χ0) is 20.7. The van der Waals surface area contributed by atoms with Gasteiger partial charge in [0, 0.05) is 36.2 Å². The number of rotatable bonds is 4. The summed E-state index contributed by atoms with van der Waals surface area (Å²) in [6.45, 7) is 0.955. The summed E-state index contributed by atoms with van der Waals surface area (Å²) in [6.07, 6.45) is 0.619. The number of halogens is 2. The standard InChI is InChI=1S/C25H18F2N2O/c26-18-9-11-22(27)21(14-18)20-6-3-5-17-15-29(25(30)24(17)20)13-12-19-10-8-16-4-1-2-7-23(16)28-19/h1-11,14H,12-13,15H2. The van der Waals surface area contributed by atoms with Crippen LogP contribution in [-0.4, -0.2) is 22.3 Å². The van der Waals surface area contributed by atoms with Gasteiger partial charge in [-0.3, -0.25) is 9.78 Å². The average Bonchev–Trinajstić information content (AvgIpc) is 3.09. The third-order valence-corrected chi connectivity index (χ3v) is 5.53. The van der Waals surface area contributed by atoms with E-state index in [-0.39, 0.29) is 11.5 Å². The lowest BCUT2D eigenvalue weighted by molar-refractivity contribution is 0.0780. The second-order valence-electron chi connectivity index (χ2n) is 7.44. The first-order valence-corrected chi connectivity index (χ1v) is 9.81. The predicted octanol–water partition coefficient (Wildman–Crippen LogP) is 5.38. The van der Waals surface area contributed by atoms with Crippen LogP contribution < -0.4 is 0 Å². The van der Waals surface area contributed by atoms with Crippen molar-refractivity contribution < 1.29 is 13.6 Å². The number of aromatic nitrogens is 1. The third-order valence-electron chi connectivity index (χ3n) is 5.53. The van der Waals surface area contributed by atoms with E-state index in [4.69, 9.17) is 0 Å². The molecule has 5 rings (SSSR count). The molecule has 0 saturated heterocycles. The molecular weight excluding hydrogens is 382 g/mol. The molecular formula is C25H18F2N2O. The highest BCUT2D eigenvalue weighted by Gasteiger charge is 2.30. The molecule has 0 radical (unpaired) electrons. The highest BCUT2D eigenvalue weighted by atomic mass is 19.1. The largest absolute Gasteiger partial charge is 0.334 e. The number of carbonyl (C=O) groups excluding carboxylic acids is 1. The van der Waals surface area contributed by atoms with Crippen LogP contribution >= 0.6 is 0 Å². The number of fused-ring (bicyclic) bond motifs is 2. The quantitative estimate of drug-likeness (QED) is 0.461. The Bertz CT molecular complexity index is 1290. The fourth-order valence-electron chi connectivity index (χ4n) is 4.03. The van der Waals surface area contributed by atoms with Crippen LogP contribution in [0, 0.1) is 11.6 Å². The second-order valence-corrected chi connectivity index (χ2v) is 7.44. The third kappa shape index (κ3) is 3.22. The Balaban J connectivity index is 1.40. The Hall–Kier alpha value is -3.60. The number of benzene rings is 3. The minimum atomic E-state index is -0.545. The number of hydrogen-bond donors (Lipinski definition) is 0. The van der Waals surface area contributed by atoms with Crippen LogP contribution in [0.1, 0.15) is 21.6 Å². The highest BCUT2D eigenvalue weighted by Crippen LogP contribution is 2.34. The zero-order valence-corrected chi connectivity index (χ0v) is 16.1. The molecule has 30 heavy (non-hydrogen) atoms. The molecule has 1 aromatic heterocycles. The molecule has 5 heteroatoms. The van der Waals surface area contributed by atoms with Gasteiger partial charge in [0.15, 0.2) is 0 Å². The number of pyridine rings is 1. The molecule has 1 amide bonds. The topological polar surface area (TPSA) is 33.2 Å². The van der Waals surface area contributed by atoms with E-state index in [2.05, 4.69) is 4.98 Å². The molecule has 0 N–H and O–H groups in total. The van der Waals surface area contributed by atoms with Gasteiger partial charge in [0.2, 0.25) is 0 Å². The van der Waals surface area contributed by atoms with Crippen LogP contribution in [0.5, 0.6) is 0 Å². The molecule has 0 atom stereocenters. The lowest BCUT2D eigenvalue weighted by atomic mass is 9.96. The molecule has 0 fully saturated rings. The molecule has 0 aliphatic carbocycles. The van der Waals surface area contributed by atoms with Crippen molar-refractivity contribution in [2.45, 2.75) is 13.0 Å². The summed E-state index contributed by atoms with van der Waals surface area (Å²) in [4.78, 5) is 19.5. The normalized spacial score (nSPS) is 13.1. The van der Waals surface area contributed by atoms with Crippen LogP contribution in [0.3, 0.4) is 0 Å². The summed E-state index contributed by atoms with van der Waals surface area (Å²) < 4.78 is 28.1. The molecule has 1 aliphatic rings. The van der Waals surface area contributed by atoms with Gasteiger partial charge in [-0.2, -0.15) is 0 Å². The maximum atomic E-state index is 14.3. The van der Waals surface area contributed by atoms with E-state index in [9.17, 15) is 13.6 Å². The number of nitrogens with zero attached hydrogens (tertiary/aromatic N) is 2. The molecule has 0 bridgehead atoms. The van der Waals surface area contributed by atoms with Gasteiger partial charge in [0.1, 0.15) is 11.6 Å². The zero-order valence-electron chi connectivity index (χ0n) is 16.1. The Labute approximate surface area is 172 Å². The lowest BCUT2D eigenvalue weighted by Crippen LogP contribution is -2.26. The molecule has 0 unspecified atom stereocenters. The van der Waals surface area contributed by atoms with Crippen molar-refractivity contribution in [1.29, 1.82) is 0 Å². The lowest BCUT2D eigenvalue weighted by Gasteiger charge is -2.15. The summed E-state index contributed by atoms with van der Waals surface area (Å²) in [7, 11) is 0. The van der Waals surface area contributed by atoms with E-state index in [0.717, 1.165) is 40.4 Å². The first-order valence-electron chi connectivity index (χ1n) is 9.81. The minimum Gasteiger partial charge on any atom is -0.334 e. The fourth-order valence-corrected chi connectivity index (χ4v) is 4.03. The summed E-state index contributed by atoms with van der Waals surface area (Å²) in [5.41, 5.74) is 3.66. The van der Waals surface area contributed by atoms with E-state index in [1.165, 1.54) is 0 Å². The SMILES string of the molecule is O=C1c2c(cccc2-c2cc(F)ccc2F)CN1CCc1ccc2ccccc2n1. The summed E-state index contributed by atoms with van der Waals surface area (Å²) in [5, 5.41) is 1.08. The minimum absolute atomic E-state index is 0.109. The number of para-hydroxylation sites is 1. The number of carbonyl (C=O) groups is 1. The van der Waals surface area contributed by atoms with Gasteiger partial charge in [-0.1, -0.05) is 42.5 Å². The average molecular weight is 400 g/mol.